The van der Waals surface area contributed by atoms with Crippen molar-refractivity contribution in [3.63, 3.8) is 0 Å². The maximum Gasteiger partial charge on any atom is 0.358 e. The van der Waals surface area contributed by atoms with Crippen LogP contribution < -0.4 is 5.32 Å². The first-order valence-electron chi connectivity index (χ1n) is 6.72. The Hall–Kier alpha value is -1.52. The van der Waals surface area contributed by atoms with Gasteiger partial charge in [0, 0.05) is 12.1 Å². The van der Waals surface area contributed by atoms with Crippen molar-refractivity contribution < 1.29 is 9.53 Å². The van der Waals surface area contributed by atoms with Gasteiger partial charge >= 0.3 is 5.97 Å². The summed E-state index contributed by atoms with van der Waals surface area (Å²) in [4.78, 5) is 11.7. The minimum atomic E-state index is -0.343. The van der Waals surface area contributed by atoms with E-state index in [9.17, 15) is 4.79 Å². The summed E-state index contributed by atoms with van der Waals surface area (Å²) in [6, 6.07) is 2.63. The van der Waals surface area contributed by atoms with Crippen LogP contribution in [0.4, 0.5) is 5.82 Å². The standard InChI is InChI=1S/C13H21N3O2/c1-4-9-7-10(5-2)16-12(14-9)8-11(15-16)13(17)18-6-3/h8-10,14H,4-7H2,1-3H3. The second kappa shape index (κ2) is 5.42. The van der Waals surface area contributed by atoms with Gasteiger partial charge in [-0.25, -0.2) is 9.48 Å². The van der Waals surface area contributed by atoms with Gasteiger partial charge in [-0.05, 0) is 26.2 Å². The van der Waals surface area contributed by atoms with Gasteiger partial charge in [-0.3, -0.25) is 0 Å². The number of nitrogens with one attached hydrogen (secondary N) is 1. The fourth-order valence-electron chi connectivity index (χ4n) is 2.39. The third-order valence-corrected chi connectivity index (χ3v) is 3.44. The molecule has 1 aromatic rings. The van der Waals surface area contributed by atoms with Crippen LogP contribution in [0.25, 0.3) is 0 Å². The van der Waals surface area contributed by atoms with Gasteiger partial charge in [0.2, 0.25) is 0 Å². The summed E-state index contributed by atoms with van der Waals surface area (Å²) in [5.41, 5.74) is 0.398. The number of hydrogen-bond acceptors (Lipinski definition) is 4. The molecule has 5 nitrogen and oxygen atoms in total. The zero-order chi connectivity index (χ0) is 13.1. The molecule has 2 rings (SSSR count). The number of esters is 1. The Morgan fingerprint density at radius 2 is 2.28 bits per heavy atom. The summed E-state index contributed by atoms with van der Waals surface area (Å²) in [5, 5.41) is 7.79. The molecule has 0 bridgehead atoms. The Kier molecular flexibility index (Phi) is 3.89. The highest BCUT2D eigenvalue weighted by atomic mass is 16.5. The predicted octanol–water partition coefficient (Wildman–Crippen LogP) is 2.61. The molecule has 1 aliphatic rings. The number of rotatable bonds is 4. The third kappa shape index (κ3) is 2.35. The summed E-state index contributed by atoms with van der Waals surface area (Å²) in [5.74, 6) is 0.590. The van der Waals surface area contributed by atoms with E-state index in [2.05, 4.69) is 24.3 Å². The smallest absolute Gasteiger partial charge is 0.358 e. The van der Waals surface area contributed by atoms with Gasteiger partial charge in [-0.2, -0.15) is 5.10 Å². The maximum absolute atomic E-state index is 11.7. The molecule has 2 atom stereocenters. The van der Waals surface area contributed by atoms with E-state index in [1.54, 1.807) is 13.0 Å². The molecule has 0 amide bonds. The van der Waals surface area contributed by atoms with Crippen LogP contribution in [0.15, 0.2) is 6.07 Å². The average molecular weight is 251 g/mol. The van der Waals surface area contributed by atoms with E-state index in [1.165, 1.54) is 0 Å². The van der Waals surface area contributed by atoms with Crippen LogP contribution >= 0.6 is 0 Å². The number of carbonyl (C=O) groups is 1. The highest BCUT2D eigenvalue weighted by molar-refractivity contribution is 5.88. The first kappa shape index (κ1) is 12.9. The van der Waals surface area contributed by atoms with Gasteiger partial charge < -0.3 is 10.1 Å². The summed E-state index contributed by atoms with van der Waals surface area (Å²) in [7, 11) is 0. The number of carbonyl (C=O) groups excluding carboxylic acids is 1. The second-order valence-corrected chi connectivity index (χ2v) is 4.63. The number of hydrogen-bond donors (Lipinski definition) is 1. The van der Waals surface area contributed by atoms with Crippen LogP contribution in [0.3, 0.4) is 0 Å². The maximum atomic E-state index is 11.7. The van der Waals surface area contributed by atoms with Gasteiger partial charge in [-0.1, -0.05) is 13.8 Å². The van der Waals surface area contributed by atoms with E-state index in [4.69, 9.17) is 4.74 Å². The molecule has 2 heterocycles. The zero-order valence-electron chi connectivity index (χ0n) is 11.3. The van der Waals surface area contributed by atoms with Gasteiger partial charge in [0.1, 0.15) is 5.82 Å². The Bertz CT molecular complexity index is 428. The topological polar surface area (TPSA) is 56.2 Å². The fraction of sp³-hybridized carbons (Fsp3) is 0.692. The van der Waals surface area contributed by atoms with E-state index in [1.807, 2.05) is 4.68 Å². The van der Waals surface area contributed by atoms with Crippen LogP contribution in [0.2, 0.25) is 0 Å². The molecule has 2 unspecified atom stereocenters. The first-order valence-corrected chi connectivity index (χ1v) is 6.72. The van der Waals surface area contributed by atoms with Crippen molar-refractivity contribution >= 4 is 11.8 Å². The summed E-state index contributed by atoms with van der Waals surface area (Å²) in [6.07, 6.45) is 3.16. The lowest BCUT2D eigenvalue weighted by molar-refractivity contribution is 0.0518. The molecule has 0 saturated carbocycles. The van der Waals surface area contributed by atoms with Gasteiger partial charge in [0.05, 0.1) is 12.6 Å². The van der Waals surface area contributed by atoms with Crippen molar-refractivity contribution in [2.24, 2.45) is 0 Å². The van der Waals surface area contributed by atoms with Crippen LogP contribution in [0.1, 0.15) is 56.6 Å². The van der Waals surface area contributed by atoms with Gasteiger partial charge in [0.15, 0.2) is 5.69 Å². The summed E-state index contributed by atoms with van der Waals surface area (Å²) in [6.45, 7) is 6.50. The van der Waals surface area contributed by atoms with Crippen molar-refractivity contribution in [3.05, 3.63) is 11.8 Å². The largest absolute Gasteiger partial charge is 0.461 e. The Labute approximate surface area is 108 Å². The molecule has 0 radical (unpaired) electrons. The molecule has 0 saturated heterocycles. The first-order chi connectivity index (χ1) is 8.69. The average Bonchev–Trinajstić information content (AvgIpc) is 2.81. The Morgan fingerprint density at radius 1 is 1.50 bits per heavy atom. The number of fused-ring (bicyclic) bond motifs is 1. The van der Waals surface area contributed by atoms with Crippen molar-refractivity contribution in [1.29, 1.82) is 0 Å². The third-order valence-electron chi connectivity index (χ3n) is 3.44. The number of nitrogens with zero attached hydrogens (tertiary/aromatic N) is 2. The normalized spacial score (nSPS) is 22.2. The van der Waals surface area contributed by atoms with Gasteiger partial charge in [-0.15, -0.1) is 0 Å². The Morgan fingerprint density at radius 3 is 2.89 bits per heavy atom. The molecule has 1 aliphatic heterocycles. The molecule has 0 spiro atoms. The molecule has 0 aromatic carbocycles. The summed E-state index contributed by atoms with van der Waals surface area (Å²) < 4.78 is 6.91. The lowest BCUT2D eigenvalue weighted by atomic mass is 10.0. The molecular weight excluding hydrogens is 230 g/mol. The van der Waals surface area contributed by atoms with Crippen LogP contribution in [-0.2, 0) is 4.74 Å². The van der Waals surface area contributed by atoms with Crippen LogP contribution in [0.5, 0.6) is 0 Å². The number of anilines is 1. The van der Waals surface area contributed by atoms with Gasteiger partial charge in [0.25, 0.3) is 0 Å². The zero-order valence-corrected chi connectivity index (χ0v) is 11.3. The van der Waals surface area contributed by atoms with E-state index >= 15 is 0 Å². The molecule has 1 N–H and O–H groups in total. The van der Waals surface area contributed by atoms with E-state index in [0.29, 0.717) is 24.4 Å². The highest BCUT2D eigenvalue weighted by Crippen LogP contribution is 2.30. The lowest BCUT2D eigenvalue weighted by Crippen LogP contribution is -2.31. The minimum Gasteiger partial charge on any atom is -0.461 e. The highest BCUT2D eigenvalue weighted by Gasteiger charge is 2.27. The molecule has 100 valence electrons. The lowest BCUT2D eigenvalue weighted by Gasteiger charge is -2.31. The molecule has 0 aliphatic carbocycles. The monoisotopic (exact) mass is 251 g/mol. The van der Waals surface area contributed by atoms with E-state index in [0.717, 1.165) is 25.1 Å². The quantitative estimate of drug-likeness (QED) is 0.836. The van der Waals surface area contributed by atoms with Crippen LogP contribution in [0, 0.1) is 0 Å². The summed E-state index contributed by atoms with van der Waals surface area (Å²) >= 11 is 0. The van der Waals surface area contributed by atoms with E-state index in [-0.39, 0.29) is 5.97 Å². The fourth-order valence-corrected chi connectivity index (χ4v) is 2.39. The molecule has 5 heteroatoms. The molecule has 18 heavy (non-hydrogen) atoms. The number of aromatic nitrogens is 2. The molecular formula is C13H21N3O2. The second-order valence-electron chi connectivity index (χ2n) is 4.63. The van der Waals surface area contributed by atoms with Crippen molar-refractivity contribution in [2.75, 3.05) is 11.9 Å². The number of ether oxygens (including phenoxy) is 1. The molecule has 0 fully saturated rings. The van der Waals surface area contributed by atoms with Crippen molar-refractivity contribution in [1.82, 2.24) is 9.78 Å². The Balaban J connectivity index is 2.26. The minimum absolute atomic E-state index is 0.343. The van der Waals surface area contributed by atoms with E-state index < -0.39 is 0 Å². The molecule has 1 aromatic heterocycles. The SMILES string of the molecule is CCOC(=O)c1cc2n(n1)C(CC)CC(CC)N2. The van der Waals surface area contributed by atoms with Crippen molar-refractivity contribution in [3.8, 4) is 0 Å². The van der Waals surface area contributed by atoms with Crippen LogP contribution in [-0.4, -0.2) is 28.4 Å². The van der Waals surface area contributed by atoms with Crippen molar-refractivity contribution in [2.45, 2.75) is 52.1 Å². The predicted molar refractivity (Wildman–Crippen MR) is 69.8 cm³/mol.